The van der Waals surface area contributed by atoms with Gasteiger partial charge < -0.3 is 13.7 Å². The molecule has 0 aliphatic carbocycles. The summed E-state index contributed by atoms with van der Waals surface area (Å²) < 4.78 is 17.2. The number of anilines is 1. The van der Waals surface area contributed by atoms with Crippen molar-refractivity contribution >= 4 is 45.9 Å². The Morgan fingerprint density at radius 1 is 0.973 bits per heavy atom. The van der Waals surface area contributed by atoms with Gasteiger partial charge in [-0.05, 0) is 60.5 Å². The Balaban J connectivity index is 1.47. The Hall–Kier alpha value is -4.07. The fourth-order valence-corrected chi connectivity index (χ4v) is 4.78. The maximum absolute atomic E-state index is 13.7. The van der Waals surface area contributed by atoms with Crippen LogP contribution in [0.25, 0.3) is 11.0 Å². The summed E-state index contributed by atoms with van der Waals surface area (Å²) in [5.74, 6) is 0.826. The van der Waals surface area contributed by atoms with Gasteiger partial charge in [0, 0.05) is 16.1 Å². The Morgan fingerprint density at radius 3 is 2.51 bits per heavy atom. The molecular formula is C28H18Cl2N2O5. The van der Waals surface area contributed by atoms with E-state index in [1.54, 1.807) is 55.5 Å². The van der Waals surface area contributed by atoms with Crippen LogP contribution in [0.2, 0.25) is 10.0 Å². The molecule has 3 heterocycles. The van der Waals surface area contributed by atoms with E-state index < -0.39 is 11.9 Å². The zero-order valence-corrected chi connectivity index (χ0v) is 20.9. The van der Waals surface area contributed by atoms with Gasteiger partial charge >= 0.3 is 0 Å². The first-order chi connectivity index (χ1) is 17.9. The van der Waals surface area contributed by atoms with E-state index in [0.717, 1.165) is 5.56 Å². The van der Waals surface area contributed by atoms with Crippen LogP contribution in [0.1, 0.15) is 39.0 Å². The minimum absolute atomic E-state index is 0.0436. The van der Waals surface area contributed by atoms with Crippen LogP contribution in [0.5, 0.6) is 5.75 Å². The lowest BCUT2D eigenvalue weighted by molar-refractivity contribution is 0.0969. The van der Waals surface area contributed by atoms with Crippen molar-refractivity contribution in [3.63, 3.8) is 0 Å². The molecule has 1 amide bonds. The molecule has 0 N–H and O–H groups in total. The maximum Gasteiger partial charge on any atom is 0.296 e. The van der Waals surface area contributed by atoms with Gasteiger partial charge in [-0.3, -0.25) is 14.5 Å². The molecule has 0 saturated carbocycles. The smallest absolute Gasteiger partial charge is 0.296 e. The highest BCUT2D eigenvalue weighted by Crippen LogP contribution is 2.41. The second-order valence-corrected chi connectivity index (χ2v) is 9.55. The number of nitrogens with zero attached hydrogens (tertiary/aromatic N) is 2. The summed E-state index contributed by atoms with van der Waals surface area (Å²) in [5, 5.41) is 5.37. The first-order valence-electron chi connectivity index (χ1n) is 11.4. The molecule has 2 aromatic heterocycles. The number of rotatable bonds is 5. The van der Waals surface area contributed by atoms with Gasteiger partial charge in [0.1, 0.15) is 23.7 Å². The number of hydrogen-bond donors (Lipinski definition) is 0. The molecule has 1 atom stereocenters. The first-order valence-corrected chi connectivity index (χ1v) is 12.1. The molecule has 0 unspecified atom stereocenters. The molecule has 37 heavy (non-hydrogen) atoms. The number of carbonyl (C=O) groups excluding carboxylic acids is 1. The largest absolute Gasteiger partial charge is 0.489 e. The van der Waals surface area contributed by atoms with Gasteiger partial charge in [0.25, 0.3) is 5.91 Å². The lowest BCUT2D eigenvalue weighted by Crippen LogP contribution is -2.29. The van der Waals surface area contributed by atoms with E-state index in [-0.39, 0.29) is 33.5 Å². The van der Waals surface area contributed by atoms with Gasteiger partial charge in [-0.15, -0.1) is 0 Å². The van der Waals surface area contributed by atoms with Crippen LogP contribution in [0.4, 0.5) is 5.82 Å². The Morgan fingerprint density at radius 2 is 1.76 bits per heavy atom. The van der Waals surface area contributed by atoms with E-state index in [1.807, 2.05) is 24.3 Å². The van der Waals surface area contributed by atoms with Crippen LogP contribution in [0, 0.1) is 6.92 Å². The van der Waals surface area contributed by atoms with E-state index in [2.05, 4.69) is 5.16 Å². The predicted octanol–water partition coefficient (Wildman–Crippen LogP) is 6.73. The Labute approximate surface area is 220 Å². The van der Waals surface area contributed by atoms with Gasteiger partial charge in [0.05, 0.1) is 17.0 Å². The summed E-state index contributed by atoms with van der Waals surface area (Å²) in [4.78, 5) is 28.8. The summed E-state index contributed by atoms with van der Waals surface area (Å²) in [6.45, 7) is 2.04. The highest BCUT2D eigenvalue weighted by molar-refractivity contribution is 6.31. The van der Waals surface area contributed by atoms with Crippen molar-refractivity contribution in [2.45, 2.75) is 19.6 Å². The molecule has 1 aliphatic rings. The first kappa shape index (κ1) is 23.3. The number of benzene rings is 3. The van der Waals surface area contributed by atoms with Gasteiger partial charge in [-0.1, -0.05) is 52.6 Å². The SMILES string of the molecule is Cc1cc(N2C(=O)c3oc4ccc(Cl)cc4c(=O)c3[C@@H]2c2cccc(OCc3ccc(Cl)cc3)c2)no1. The average molecular weight is 533 g/mol. The minimum Gasteiger partial charge on any atom is -0.489 e. The third-order valence-corrected chi connectivity index (χ3v) is 6.67. The van der Waals surface area contributed by atoms with Crippen LogP contribution in [-0.2, 0) is 6.61 Å². The van der Waals surface area contributed by atoms with E-state index in [9.17, 15) is 9.59 Å². The molecule has 0 fully saturated rings. The number of halogens is 2. The van der Waals surface area contributed by atoms with Crippen molar-refractivity contribution in [1.29, 1.82) is 0 Å². The highest BCUT2D eigenvalue weighted by Gasteiger charge is 2.45. The standard InChI is InChI=1S/C28H18Cl2N2O5/c1-15-11-23(31-37-15)32-25(17-3-2-4-20(12-17)35-14-16-5-7-18(29)8-6-16)24-26(33)21-13-19(30)9-10-22(21)36-27(24)28(32)34/h2-13,25H,14H2,1H3/t25-/m0/s1. The Bertz CT molecular complexity index is 1730. The number of amides is 1. The third-order valence-electron chi connectivity index (χ3n) is 6.19. The third kappa shape index (κ3) is 4.16. The fraction of sp³-hybridized carbons (Fsp3) is 0.107. The zero-order chi connectivity index (χ0) is 25.7. The molecule has 0 saturated heterocycles. The number of ether oxygens (including phenoxy) is 1. The minimum atomic E-state index is -0.814. The molecule has 1 aliphatic heterocycles. The summed E-state index contributed by atoms with van der Waals surface area (Å²) in [6.07, 6.45) is 0. The number of hydrogen-bond acceptors (Lipinski definition) is 6. The van der Waals surface area contributed by atoms with Crippen LogP contribution in [0.3, 0.4) is 0 Å². The van der Waals surface area contributed by atoms with Crippen molar-refractivity contribution < 1.29 is 18.5 Å². The fourth-order valence-electron chi connectivity index (χ4n) is 4.49. The van der Waals surface area contributed by atoms with Crippen LogP contribution in [-0.4, -0.2) is 11.1 Å². The van der Waals surface area contributed by atoms with Gasteiger partial charge in [0.2, 0.25) is 5.76 Å². The molecule has 3 aromatic carbocycles. The van der Waals surface area contributed by atoms with Crippen molar-refractivity contribution in [1.82, 2.24) is 5.16 Å². The quantitative estimate of drug-likeness (QED) is 0.249. The van der Waals surface area contributed by atoms with Gasteiger partial charge in [-0.25, -0.2) is 0 Å². The van der Waals surface area contributed by atoms with Crippen molar-refractivity contribution in [3.8, 4) is 5.75 Å². The van der Waals surface area contributed by atoms with E-state index >= 15 is 0 Å². The summed E-state index contributed by atoms with van der Waals surface area (Å²) in [7, 11) is 0. The monoisotopic (exact) mass is 532 g/mol. The van der Waals surface area contributed by atoms with Gasteiger partial charge in [-0.2, -0.15) is 0 Å². The van der Waals surface area contributed by atoms with Crippen LogP contribution >= 0.6 is 23.2 Å². The summed E-state index contributed by atoms with van der Waals surface area (Å²) in [6, 6.07) is 20.1. The van der Waals surface area contributed by atoms with Crippen molar-refractivity contribution in [2.75, 3.05) is 4.90 Å². The molecule has 0 spiro atoms. The second-order valence-electron chi connectivity index (χ2n) is 8.68. The lowest BCUT2D eigenvalue weighted by atomic mass is 9.98. The van der Waals surface area contributed by atoms with Crippen molar-refractivity contribution in [3.05, 3.63) is 121 Å². The number of aromatic nitrogens is 1. The highest BCUT2D eigenvalue weighted by atomic mass is 35.5. The van der Waals surface area contributed by atoms with Crippen LogP contribution in [0.15, 0.2) is 86.5 Å². The Kier molecular flexibility index (Phi) is 5.74. The van der Waals surface area contributed by atoms with Crippen LogP contribution < -0.4 is 15.1 Å². The molecule has 6 rings (SSSR count). The van der Waals surface area contributed by atoms with Gasteiger partial charge in [0.15, 0.2) is 11.2 Å². The molecule has 0 radical (unpaired) electrons. The molecule has 5 aromatic rings. The average Bonchev–Trinajstić information content (AvgIpc) is 3.45. The molecule has 0 bridgehead atoms. The van der Waals surface area contributed by atoms with E-state index in [0.29, 0.717) is 33.7 Å². The summed E-state index contributed by atoms with van der Waals surface area (Å²) in [5.41, 5.74) is 1.73. The normalized spacial score (nSPS) is 14.8. The van der Waals surface area contributed by atoms with Crippen molar-refractivity contribution in [2.24, 2.45) is 0 Å². The molecule has 7 nitrogen and oxygen atoms in total. The van der Waals surface area contributed by atoms with E-state index in [4.69, 9.17) is 36.9 Å². The van der Waals surface area contributed by atoms with E-state index in [1.165, 1.54) is 4.90 Å². The topological polar surface area (TPSA) is 85.8 Å². The summed E-state index contributed by atoms with van der Waals surface area (Å²) >= 11 is 12.1. The molecule has 184 valence electrons. The lowest BCUT2D eigenvalue weighted by Gasteiger charge is -2.23. The maximum atomic E-state index is 13.7. The zero-order valence-electron chi connectivity index (χ0n) is 19.4. The second kappa shape index (κ2) is 9.10. The molecule has 9 heteroatoms. The predicted molar refractivity (Wildman–Crippen MR) is 140 cm³/mol. The number of carbonyl (C=O) groups is 1. The number of aryl methyl sites for hydroxylation is 1. The number of fused-ring (bicyclic) bond motifs is 2. The molecular weight excluding hydrogens is 515 g/mol.